The number of amides is 1. The molecule has 0 aliphatic heterocycles. The second kappa shape index (κ2) is 16.3. The standard InChI is InChI=1S/C18H38N2O6/c1-6-20(5)8-10-23-12-14-25-16-15-24-13-11-22-9-7-19-17(21)26-18(2,3)4/h6-16H2,1-5H3,(H,19,21). The Morgan fingerprint density at radius 2 is 1.31 bits per heavy atom. The van der Waals surface area contributed by atoms with Crippen molar-refractivity contribution < 1.29 is 28.5 Å². The first-order valence-electron chi connectivity index (χ1n) is 9.31. The van der Waals surface area contributed by atoms with Crippen molar-refractivity contribution in [2.24, 2.45) is 0 Å². The zero-order valence-corrected chi connectivity index (χ0v) is 17.2. The summed E-state index contributed by atoms with van der Waals surface area (Å²) in [6.07, 6.45) is -0.434. The van der Waals surface area contributed by atoms with E-state index in [0.29, 0.717) is 52.8 Å². The molecule has 0 aliphatic carbocycles. The number of likely N-dealkylation sites (N-methyl/N-ethyl adjacent to an activating group) is 1. The Labute approximate surface area is 158 Å². The van der Waals surface area contributed by atoms with Crippen molar-refractivity contribution in [3.8, 4) is 0 Å². The number of nitrogens with zero attached hydrogens (tertiary/aromatic N) is 1. The zero-order valence-electron chi connectivity index (χ0n) is 17.2. The fourth-order valence-electron chi connectivity index (χ4n) is 1.68. The van der Waals surface area contributed by atoms with Gasteiger partial charge in [0, 0.05) is 13.1 Å². The van der Waals surface area contributed by atoms with E-state index in [1.165, 1.54) is 0 Å². The summed E-state index contributed by atoms with van der Waals surface area (Å²) in [6, 6.07) is 0. The van der Waals surface area contributed by atoms with E-state index in [1.807, 2.05) is 20.8 Å². The molecule has 8 nitrogen and oxygen atoms in total. The van der Waals surface area contributed by atoms with E-state index in [0.717, 1.165) is 19.7 Å². The van der Waals surface area contributed by atoms with Crippen LogP contribution < -0.4 is 5.32 Å². The van der Waals surface area contributed by atoms with Gasteiger partial charge in [0.05, 0.1) is 52.9 Å². The maximum atomic E-state index is 11.4. The SMILES string of the molecule is CCN(C)CCOCCOCCOCCOCCNC(=O)OC(C)(C)C. The van der Waals surface area contributed by atoms with Crippen LogP contribution in [0.15, 0.2) is 0 Å². The summed E-state index contributed by atoms with van der Waals surface area (Å²) >= 11 is 0. The minimum Gasteiger partial charge on any atom is -0.444 e. The van der Waals surface area contributed by atoms with E-state index in [2.05, 4.69) is 24.2 Å². The highest BCUT2D eigenvalue weighted by Crippen LogP contribution is 2.05. The van der Waals surface area contributed by atoms with Gasteiger partial charge in [-0.15, -0.1) is 0 Å². The first kappa shape index (κ1) is 25.1. The van der Waals surface area contributed by atoms with Crippen molar-refractivity contribution in [3.05, 3.63) is 0 Å². The molecule has 0 aliphatic rings. The third kappa shape index (κ3) is 19.4. The van der Waals surface area contributed by atoms with Gasteiger partial charge in [-0.1, -0.05) is 6.92 Å². The van der Waals surface area contributed by atoms with Crippen molar-refractivity contribution in [2.75, 3.05) is 79.5 Å². The number of alkyl carbamates (subject to hydrolysis) is 1. The van der Waals surface area contributed by atoms with Crippen LogP contribution in [0.25, 0.3) is 0 Å². The van der Waals surface area contributed by atoms with Gasteiger partial charge >= 0.3 is 6.09 Å². The third-order valence-corrected chi connectivity index (χ3v) is 3.19. The third-order valence-electron chi connectivity index (χ3n) is 3.19. The molecule has 0 saturated carbocycles. The lowest BCUT2D eigenvalue weighted by Gasteiger charge is -2.19. The maximum absolute atomic E-state index is 11.4. The van der Waals surface area contributed by atoms with Gasteiger partial charge in [-0.3, -0.25) is 0 Å². The molecule has 0 saturated heterocycles. The molecular weight excluding hydrogens is 340 g/mol. The second-order valence-corrected chi connectivity index (χ2v) is 6.77. The van der Waals surface area contributed by atoms with Gasteiger partial charge in [-0.2, -0.15) is 0 Å². The van der Waals surface area contributed by atoms with Gasteiger partial charge in [0.2, 0.25) is 0 Å². The largest absolute Gasteiger partial charge is 0.444 e. The molecule has 0 radical (unpaired) electrons. The van der Waals surface area contributed by atoms with Crippen molar-refractivity contribution in [2.45, 2.75) is 33.3 Å². The lowest BCUT2D eigenvalue weighted by molar-refractivity contribution is -0.00323. The molecule has 0 fully saturated rings. The molecule has 0 aromatic heterocycles. The Bertz CT molecular complexity index is 336. The van der Waals surface area contributed by atoms with Crippen molar-refractivity contribution in [1.82, 2.24) is 10.2 Å². The average Bonchev–Trinajstić information content (AvgIpc) is 2.56. The molecule has 1 N–H and O–H groups in total. The van der Waals surface area contributed by atoms with Gasteiger partial charge in [0.25, 0.3) is 0 Å². The lowest BCUT2D eigenvalue weighted by atomic mass is 10.2. The molecule has 0 atom stereocenters. The minimum absolute atomic E-state index is 0.409. The normalized spacial score (nSPS) is 11.8. The molecule has 0 spiro atoms. The van der Waals surface area contributed by atoms with Crippen LogP contribution in [-0.2, 0) is 23.7 Å². The van der Waals surface area contributed by atoms with E-state index >= 15 is 0 Å². The van der Waals surface area contributed by atoms with Crippen LogP contribution in [0.1, 0.15) is 27.7 Å². The van der Waals surface area contributed by atoms with E-state index in [1.54, 1.807) is 0 Å². The Hall–Kier alpha value is -0.930. The first-order valence-corrected chi connectivity index (χ1v) is 9.31. The van der Waals surface area contributed by atoms with Crippen molar-refractivity contribution in [1.29, 1.82) is 0 Å². The topological polar surface area (TPSA) is 78.5 Å². The molecule has 8 heteroatoms. The summed E-state index contributed by atoms with van der Waals surface area (Å²) in [4.78, 5) is 13.6. The van der Waals surface area contributed by atoms with E-state index in [-0.39, 0.29) is 0 Å². The number of carbonyl (C=O) groups excluding carboxylic acids is 1. The monoisotopic (exact) mass is 378 g/mol. The summed E-state index contributed by atoms with van der Waals surface area (Å²) in [5.41, 5.74) is -0.487. The number of rotatable bonds is 16. The summed E-state index contributed by atoms with van der Waals surface area (Å²) in [5.74, 6) is 0. The van der Waals surface area contributed by atoms with Crippen LogP contribution in [0, 0.1) is 0 Å². The Morgan fingerprint density at radius 3 is 1.77 bits per heavy atom. The molecule has 26 heavy (non-hydrogen) atoms. The van der Waals surface area contributed by atoms with E-state index in [9.17, 15) is 4.79 Å². The van der Waals surface area contributed by atoms with Crippen LogP contribution in [0.2, 0.25) is 0 Å². The highest BCUT2D eigenvalue weighted by molar-refractivity contribution is 5.67. The number of ether oxygens (including phenoxy) is 5. The molecule has 1 amide bonds. The first-order chi connectivity index (χ1) is 12.3. The Morgan fingerprint density at radius 1 is 0.846 bits per heavy atom. The molecule has 0 unspecified atom stereocenters. The van der Waals surface area contributed by atoms with Gasteiger partial charge in [-0.05, 0) is 34.4 Å². The smallest absolute Gasteiger partial charge is 0.407 e. The van der Waals surface area contributed by atoms with Crippen molar-refractivity contribution in [3.63, 3.8) is 0 Å². The molecule has 0 aromatic rings. The highest BCUT2D eigenvalue weighted by Gasteiger charge is 2.15. The number of hydrogen-bond acceptors (Lipinski definition) is 7. The predicted octanol–water partition coefficient (Wildman–Crippen LogP) is 1.53. The summed E-state index contributed by atoms with van der Waals surface area (Å²) in [6.45, 7) is 14.3. The maximum Gasteiger partial charge on any atom is 0.407 e. The van der Waals surface area contributed by atoms with Crippen LogP contribution >= 0.6 is 0 Å². The number of nitrogens with one attached hydrogen (secondary N) is 1. The summed E-state index contributed by atoms with van der Waals surface area (Å²) in [5, 5.41) is 2.63. The highest BCUT2D eigenvalue weighted by atomic mass is 16.6. The van der Waals surface area contributed by atoms with E-state index in [4.69, 9.17) is 23.7 Å². The van der Waals surface area contributed by atoms with Gasteiger partial charge in [-0.25, -0.2) is 4.79 Å². The van der Waals surface area contributed by atoms with Gasteiger partial charge in [0.15, 0.2) is 0 Å². The summed E-state index contributed by atoms with van der Waals surface area (Å²) in [7, 11) is 2.07. The second-order valence-electron chi connectivity index (χ2n) is 6.77. The van der Waals surface area contributed by atoms with Crippen LogP contribution in [0.5, 0.6) is 0 Å². The number of hydrogen-bond donors (Lipinski definition) is 1. The quantitative estimate of drug-likeness (QED) is 0.408. The molecule has 0 bridgehead atoms. The zero-order chi connectivity index (χ0) is 19.7. The fraction of sp³-hybridized carbons (Fsp3) is 0.944. The fourth-order valence-corrected chi connectivity index (χ4v) is 1.68. The molecule has 0 rings (SSSR count). The predicted molar refractivity (Wildman–Crippen MR) is 101 cm³/mol. The van der Waals surface area contributed by atoms with E-state index < -0.39 is 11.7 Å². The molecule has 0 heterocycles. The molecular formula is C18H38N2O6. The van der Waals surface area contributed by atoms with Crippen LogP contribution in [0.3, 0.4) is 0 Å². The lowest BCUT2D eigenvalue weighted by Crippen LogP contribution is -2.34. The summed E-state index contributed by atoms with van der Waals surface area (Å²) < 4.78 is 26.7. The average molecular weight is 379 g/mol. The molecule has 0 aromatic carbocycles. The number of carbonyl (C=O) groups is 1. The Balaban J connectivity index is 3.17. The van der Waals surface area contributed by atoms with Crippen LogP contribution in [0.4, 0.5) is 4.79 Å². The Kier molecular flexibility index (Phi) is 15.7. The van der Waals surface area contributed by atoms with Gasteiger partial charge in [0.1, 0.15) is 5.60 Å². The van der Waals surface area contributed by atoms with Crippen molar-refractivity contribution >= 4 is 6.09 Å². The molecule has 156 valence electrons. The van der Waals surface area contributed by atoms with Gasteiger partial charge < -0.3 is 33.9 Å². The van der Waals surface area contributed by atoms with Crippen LogP contribution in [-0.4, -0.2) is 96.1 Å². The minimum atomic E-state index is -0.487.